The van der Waals surface area contributed by atoms with Crippen LogP contribution in [-0.4, -0.2) is 37.1 Å². The highest BCUT2D eigenvalue weighted by Gasteiger charge is 2.13. The first kappa shape index (κ1) is 10.6. The van der Waals surface area contributed by atoms with Crippen LogP contribution in [0.25, 0.3) is 0 Å². The highest BCUT2D eigenvalue weighted by atomic mass is 15.2. The molecule has 0 spiro atoms. The van der Waals surface area contributed by atoms with Crippen molar-refractivity contribution in [3.63, 3.8) is 0 Å². The molecule has 1 rings (SSSR count). The maximum Gasteiger partial charge on any atom is 0.0212 e. The third-order valence-corrected chi connectivity index (χ3v) is 2.49. The van der Waals surface area contributed by atoms with Gasteiger partial charge in [-0.2, -0.15) is 0 Å². The number of nitrogens with one attached hydrogen (secondary N) is 1. The van der Waals surface area contributed by atoms with Gasteiger partial charge in [0.25, 0.3) is 0 Å². The number of nitrogens with zero attached hydrogens (tertiary/aromatic N) is 1. The maximum atomic E-state index is 5.18. The lowest BCUT2D eigenvalue weighted by molar-refractivity contribution is 0.300. The molecule has 1 aliphatic heterocycles. The summed E-state index contributed by atoms with van der Waals surface area (Å²) in [6.07, 6.45) is 8.76. The second-order valence-electron chi connectivity index (χ2n) is 3.82. The SMILES string of the molecule is C#CCCNC(C)CN1CCCC1. The molecule has 2 nitrogen and oxygen atoms in total. The summed E-state index contributed by atoms with van der Waals surface area (Å²) >= 11 is 0. The summed E-state index contributed by atoms with van der Waals surface area (Å²) in [4.78, 5) is 2.52. The van der Waals surface area contributed by atoms with Crippen LogP contribution < -0.4 is 5.32 Å². The lowest BCUT2D eigenvalue weighted by Gasteiger charge is -2.20. The number of rotatable bonds is 5. The van der Waals surface area contributed by atoms with Gasteiger partial charge in [0.15, 0.2) is 0 Å². The minimum atomic E-state index is 0.575. The zero-order valence-electron chi connectivity index (χ0n) is 8.55. The first-order valence-corrected chi connectivity index (χ1v) is 5.22. The van der Waals surface area contributed by atoms with Crippen LogP contribution in [0.4, 0.5) is 0 Å². The molecule has 2 heteroatoms. The van der Waals surface area contributed by atoms with Gasteiger partial charge in [-0.1, -0.05) is 0 Å². The summed E-state index contributed by atoms with van der Waals surface area (Å²) in [7, 11) is 0. The highest BCUT2D eigenvalue weighted by molar-refractivity contribution is 4.84. The number of likely N-dealkylation sites (tertiary alicyclic amines) is 1. The third kappa shape index (κ3) is 4.31. The van der Waals surface area contributed by atoms with E-state index in [0.29, 0.717) is 6.04 Å². The molecular formula is C11H20N2. The Kier molecular flexibility index (Phi) is 4.88. The molecule has 1 unspecified atom stereocenters. The summed E-state index contributed by atoms with van der Waals surface area (Å²) in [5.41, 5.74) is 0. The van der Waals surface area contributed by atoms with E-state index >= 15 is 0 Å². The van der Waals surface area contributed by atoms with Gasteiger partial charge < -0.3 is 10.2 Å². The van der Waals surface area contributed by atoms with E-state index in [1.165, 1.54) is 32.5 Å². The van der Waals surface area contributed by atoms with E-state index in [9.17, 15) is 0 Å². The number of hydrogen-bond acceptors (Lipinski definition) is 2. The molecule has 1 saturated heterocycles. The number of hydrogen-bond donors (Lipinski definition) is 1. The van der Waals surface area contributed by atoms with Crippen molar-refractivity contribution < 1.29 is 0 Å². The van der Waals surface area contributed by atoms with Crippen LogP contribution in [0.5, 0.6) is 0 Å². The van der Waals surface area contributed by atoms with Gasteiger partial charge in [0.05, 0.1) is 0 Å². The first-order valence-electron chi connectivity index (χ1n) is 5.22. The van der Waals surface area contributed by atoms with Gasteiger partial charge in [-0.15, -0.1) is 12.3 Å². The van der Waals surface area contributed by atoms with Crippen LogP contribution in [0.2, 0.25) is 0 Å². The van der Waals surface area contributed by atoms with E-state index in [-0.39, 0.29) is 0 Å². The van der Waals surface area contributed by atoms with Crippen LogP contribution in [-0.2, 0) is 0 Å². The maximum absolute atomic E-state index is 5.18. The fourth-order valence-electron chi connectivity index (χ4n) is 1.81. The van der Waals surface area contributed by atoms with Crippen molar-refractivity contribution in [3.05, 3.63) is 0 Å². The van der Waals surface area contributed by atoms with Crippen LogP contribution in [0.1, 0.15) is 26.2 Å². The van der Waals surface area contributed by atoms with Crippen LogP contribution >= 0.6 is 0 Å². The lowest BCUT2D eigenvalue weighted by atomic mass is 10.3. The van der Waals surface area contributed by atoms with Crippen molar-refractivity contribution in [2.24, 2.45) is 0 Å². The molecule has 0 radical (unpaired) electrons. The molecule has 0 aliphatic carbocycles. The average Bonchev–Trinajstić information content (AvgIpc) is 2.57. The van der Waals surface area contributed by atoms with Crippen molar-refractivity contribution in [2.45, 2.75) is 32.2 Å². The standard InChI is InChI=1S/C11H20N2/c1-3-4-7-12-11(2)10-13-8-5-6-9-13/h1,11-12H,4-10H2,2H3. The lowest BCUT2D eigenvalue weighted by Crippen LogP contribution is -2.38. The normalized spacial score (nSPS) is 20.0. The predicted molar refractivity (Wildman–Crippen MR) is 56.6 cm³/mol. The average molecular weight is 180 g/mol. The number of terminal acetylenes is 1. The molecule has 1 aliphatic rings. The molecule has 0 aromatic carbocycles. The first-order chi connectivity index (χ1) is 6.33. The summed E-state index contributed by atoms with van der Waals surface area (Å²) in [5, 5.41) is 3.43. The van der Waals surface area contributed by atoms with Gasteiger partial charge >= 0.3 is 0 Å². The minimum Gasteiger partial charge on any atom is -0.312 e. The van der Waals surface area contributed by atoms with Gasteiger partial charge in [-0.3, -0.25) is 0 Å². The Morgan fingerprint density at radius 1 is 1.46 bits per heavy atom. The molecule has 0 aromatic heterocycles. The molecule has 1 N–H and O–H groups in total. The second kappa shape index (κ2) is 6.01. The van der Waals surface area contributed by atoms with Gasteiger partial charge in [-0.05, 0) is 32.9 Å². The van der Waals surface area contributed by atoms with Crippen molar-refractivity contribution in [1.82, 2.24) is 10.2 Å². The second-order valence-corrected chi connectivity index (χ2v) is 3.82. The predicted octanol–water partition coefficient (Wildman–Crippen LogP) is 1.08. The Hall–Kier alpha value is -0.520. The zero-order chi connectivity index (χ0) is 9.52. The Morgan fingerprint density at radius 3 is 2.77 bits per heavy atom. The Balaban J connectivity index is 2.03. The highest BCUT2D eigenvalue weighted by Crippen LogP contribution is 2.07. The van der Waals surface area contributed by atoms with Crippen LogP contribution in [0, 0.1) is 12.3 Å². The van der Waals surface area contributed by atoms with E-state index in [2.05, 4.69) is 23.1 Å². The quantitative estimate of drug-likeness (QED) is 0.503. The molecule has 74 valence electrons. The smallest absolute Gasteiger partial charge is 0.0212 e. The van der Waals surface area contributed by atoms with Crippen molar-refractivity contribution in [3.8, 4) is 12.3 Å². The molecule has 1 atom stereocenters. The van der Waals surface area contributed by atoms with E-state index < -0.39 is 0 Å². The van der Waals surface area contributed by atoms with Gasteiger partial charge in [0.1, 0.15) is 0 Å². The Labute approximate surface area is 81.7 Å². The summed E-state index contributed by atoms with van der Waals surface area (Å²) in [6.45, 7) is 6.91. The van der Waals surface area contributed by atoms with E-state index in [0.717, 1.165) is 13.0 Å². The summed E-state index contributed by atoms with van der Waals surface area (Å²) in [5.74, 6) is 2.64. The Morgan fingerprint density at radius 2 is 2.15 bits per heavy atom. The molecule has 0 amide bonds. The molecule has 0 aromatic rings. The van der Waals surface area contributed by atoms with E-state index in [4.69, 9.17) is 6.42 Å². The van der Waals surface area contributed by atoms with Crippen LogP contribution in [0.3, 0.4) is 0 Å². The van der Waals surface area contributed by atoms with Crippen molar-refractivity contribution in [2.75, 3.05) is 26.2 Å². The summed E-state index contributed by atoms with van der Waals surface area (Å²) in [6, 6.07) is 0.575. The van der Waals surface area contributed by atoms with Crippen molar-refractivity contribution in [1.29, 1.82) is 0 Å². The zero-order valence-corrected chi connectivity index (χ0v) is 8.55. The third-order valence-electron chi connectivity index (χ3n) is 2.49. The molecule has 0 bridgehead atoms. The molecule has 1 heterocycles. The van der Waals surface area contributed by atoms with E-state index in [1.807, 2.05) is 0 Å². The monoisotopic (exact) mass is 180 g/mol. The van der Waals surface area contributed by atoms with E-state index in [1.54, 1.807) is 0 Å². The van der Waals surface area contributed by atoms with Crippen LogP contribution in [0.15, 0.2) is 0 Å². The molecular weight excluding hydrogens is 160 g/mol. The summed E-state index contributed by atoms with van der Waals surface area (Å²) < 4.78 is 0. The fourth-order valence-corrected chi connectivity index (χ4v) is 1.81. The Bertz CT molecular complexity index is 165. The molecule has 13 heavy (non-hydrogen) atoms. The minimum absolute atomic E-state index is 0.575. The molecule has 1 fully saturated rings. The van der Waals surface area contributed by atoms with Gasteiger partial charge in [0.2, 0.25) is 0 Å². The molecule has 0 saturated carbocycles. The van der Waals surface area contributed by atoms with Crippen molar-refractivity contribution >= 4 is 0 Å². The fraction of sp³-hybridized carbons (Fsp3) is 0.818. The van der Waals surface area contributed by atoms with Gasteiger partial charge in [0, 0.05) is 25.6 Å². The largest absolute Gasteiger partial charge is 0.312 e. The topological polar surface area (TPSA) is 15.3 Å². The van der Waals surface area contributed by atoms with Gasteiger partial charge in [-0.25, -0.2) is 0 Å².